The Morgan fingerprint density at radius 2 is 2.14 bits per heavy atom. The van der Waals surface area contributed by atoms with Gasteiger partial charge in [0.1, 0.15) is 0 Å². The molecular formula is C12H16ClN. The van der Waals surface area contributed by atoms with Crippen LogP contribution >= 0.6 is 11.6 Å². The van der Waals surface area contributed by atoms with E-state index in [1.807, 2.05) is 32.2 Å². The molecule has 0 aliphatic carbocycles. The van der Waals surface area contributed by atoms with Gasteiger partial charge in [0.15, 0.2) is 0 Å². The molecule has 0 aromatic heterocycles. The first kappa shape index (κ1) is 11.3. The summed E-state index contributed by atoms with van der Waals surface area (Å²) < 4.78 is 0. The molecule has 0 fully saturated rings. The summed E-state index contributed by atoms with van der Waals surface area (Å²) in [5, 5.41) is 4.00. The Bertz CT molecular complexity index is 344. The van der Waals surface area contributed by atoms with Crippen molar-refractivity contribution in [3.8, 4) is 0 Å². The normalized spacial score (nSPS) is 12.6. The van der Waals surface area contributed by atoms with Crippen LogP contribution in [0.1, 0.15) is 24.1 Å². The third-order valence-electron chi connectivity index (χ3n) is 2.33. The van der Waals surface area contributed by atoms with Crippen molar-refractivity contribution in [2.24, 2.45) is 0 Å². The van der Waals surface area contributed by atoms with Gasteiger partial charge in [0.2, 0.25) is 0 Å². The molecule has 0 radical (unpaired) electrons. The van der Waals surface area contributed by atoms with E-state index in [0.717, 1.165) is 10.6 Å². The molecule has 1 aromatic rings. The zero-order valence-corrected chi connectivity index (χ0v) is 9.65. The Morgan fingerprint density at radius 3 is 2.64 bits per heavy atom. The number of hydrogen-bond donors (Lipinski definition) is 1. The number of benzene rings is 1. The maximum Gasteiger partial charge on any atom is 0.0531 e. The summed E-state index contributed by atoms with van der Waals surface area (Å²) in [4.78, 5) is 0. The Morgan fingerprint density at radius 1 is 1.50 bits per heavy atom. The molecule has 14 heavy (non-hydrogen) atoms. The van der Waals surface area contributed by atoms with Crippen molar-refractivity contribution in [2.75, 3.05) is 7.05 Å². The van der Waals surface area contributed by atoms with E-state index >= 15 is 0 Å². The molecule has 0 saturated carbocycles. The maximum absolute atomic E-state index is 5.97. The molecule has 0 heterocycles. The summed E-state index contributed by atoms with van der Waals surface area (Å²) >= 11 is 5.97. The molecular weight excluding hydrogens is 194 g/mol. The predicted molar refractivity (Wildman–Crippen MR) is 62.8 cm³/mol. The van der Waals surface area contributed by atoms with Crippen LogP contribution in [-0.2, 0) is 0 Å². The van der Waals surface area contributed by atoms with E-state index in [4.69, 9.17) is 11.6 Å². The monoisotopic (exact) mass is 209 g/mol. The summed E-state index contributed by atoms with van der Waals surface area (Å²) in [7, 11) is 1.93. The van der Waals surface area contributed by atoms with Crippen LogP contribution in [0.3, 0.4) is 0 Å². The number of hydrogen-bond acceptors (Lipinski definition) is 1. The molecule has 0 spiro atoms. The standard InChI is InChI=1S/C12H16ClN/c1-8(2)12(14-4)11-7-10(13)6-5-9(11)3/h5-7,12,14H,1H2,2-4H3. The van der Waals surface area contributed by atoms with Crippen LogP contribution in [0.4, 0.5) is 0 Å². The quantitative estimate of drug-likeness (QED) is 0.752. The molecule has 0 saturated heterocycles. The highest BCUT2D eigenvalue weighted by Gasteiger charge is 2.12. The molecule has 0 aliphatic rings. The summed E-state index contributed by atoms with van der Waals surface area (Å²) in [5.41, 5.74) is 3.53. The molecule has 1 N–H and O–H groups in total. The lowest BCUT2D eigenvalue weighted by atomic mass is 9.97. The molecule has 1 unspecified atom stereocenters. The topological polar surface area (TPSA) is 12.0 Å². The molecule has 0 bridgehead atoms. The Hall–Kier alpha value is -0.790. The summed E-state index contributed by atoms with van der Waals surface area (Å²) in [6, 6.07) is 6.12. The number of likely N-dealkylation sites (N-methyl/N-ethyl adjacent to an activating group) is 1. The minimum atomic E-state index is 0.189. The van der Waals surface area contributed by atoms with Crippen LogP contribution in [0.2, 0.25) is 5.02 Å². The van der Waals surface area contributed by atoms with Crippen molar-refractivity contribution in [3.63, 3.8) is 0 Å². The second-order valence-corrected chi connectivity index (χ2v) is 4.01. The smallest absolute Gasteiger partial charge is 0.0531 e. The zero-order valence-electron chi connectivity index (χ0n) is 8.89. The van der Waals surface area contributed by atoms with E-state index in [2.05, 4.69) is 18.8 Å². The van der Waals surface area contributed by atoms with Gasteiger partial charge >= 0.3 is 0 Å². The van der Waals surface area contributed by atoms with Gasteiger partial charge in [-0.2, -0.15) is 0 Å². The predicted octanol–water partition coefficient (Wildman–Crippen LogP) is 3.49. The first-order valence-corrected chi connectivity index (χ1v) is 5.02. The molecule has 2 heteroatoms. The van der Waals surface area contributed by atoms with Crippen LogP contribution in [-0.4, -0.2) is 7.05 Å². The van der Waals surface area contributed by atoms with Gasteiger partial charge in [0, 0.05) is 5.02 Å². The van der Waals surface area contributed by atoms with Crippen LogP contribution in [0.5, 0.6) is 0 Å². The highest BCUT2D eigenvalue weighted by Crippen LogP contribution is 2.25. The Balaban J connectivity index is 3.15. The van der Waals surface area contributed by atoms with E-state index in [9.17, 15) is 0 Å². The third kappa shape index (κ3) is 2.37. The lowest BCUT2D eigenvalue weighted by molar-refractivity contribution is 0.676. The van der Waals surface area contributed by atoms with E-state index in [-0.39, 0.29) is 6.04 Å². The number of aryl methyl sites for hydroxylation is 1. The number of rotatable bonds is 3. The fourth-order valence-electron chi connectivity index (χ4n) is 1.59. The van der Waals surface area contributed by atoms with E-state index in [1.165, 1.54) is 11.1 Å². The number of nitrogens with one attached hydrogen (secondary N) is 1. The van der Waals surface area contributed by atoms with Gasteiger partial charge in [-0.1, -0.05) is 29.8 Å². The summed E-state index contributed by atoms with van der Waals surface area (Å²) in [6.45, 7) is 8.07. The van der Waals surface area contributed by atoms with Crippen molar-refractivity contribution in [3.05, 3.63) is 46.5 Å². The highest BCUT2D eigenvalue weighted by molar-refractivity contribution is 6.30. The molecule has 0 aliphatic heterocycles. The molecule has 1 rings (SSSR count). The van der Waals surface area contributed by atoms with Crippen LogP contribution in [0.15, 0.2) is 30.4 Å². The van der Waals surface area contributed by atoms with E-state index < -0.39 is 0 Å². The molecule has 76 valence electrons. The van der Waals surface area contributed by atoms with E-state index in [0.29, 0.717) is 0 Å². The van der Waals surface area contributed by atoms with Crippen LogP contribution in [0, 0.1) is 6.92 Å². The SMILES string of the molecule is C=C(C)C(NC)c1cc(Cl)ccc1C. The average Bonchev–Trinajstić information content (AvgIpc) is 2.11. The average molecular weight is 210 g/mol. The summed E-state index contributed by atoms with van der Waals surface area (Å²) in [6.07, 6.45) is 0. The first-order valence-electron chi connectivity index (χ1n) is 4.65. The fraction of sp³-hybridized carbons (Fsp3) is 0.333. The summed E-state index contributed by atoms with van der Waals surface area (Å²) in [5.74, 6) is 0. The molecule has 1 nitrogen and oxygen atoms in total. The van der Waals surface area contributed by atoms with Gasteiger partial charge in [-0.05, 0) is 44.2 Å². The van der Waals surface area contributed by atoms with E-state index in [1.54, 1.807) is 0 Å². The second kappa shape index (κ2) is 4.63. The largest absolute Gasteiger partial charge is 0.310 e. The van der Waals surface area contributed by atoms with Gasteiger partial charge in [-0.25, -0.2) is 0 Å². The molecule has 1 atom stereocenters. The van der Waals surface area contributed by atoms with Crippen molar-refractivity contribution < 1.29 is 0 Å². The van der Waals surface area contributed by atoms with Gasteiger partial charge < -0.3 is 5.32 Å². The van der Waals surface area contributed by atoms with Gasteiger partial charge in [-0.3, -0.25) is 0 Å². The fourth-order valence-corrected chi connectivity index (χ4v) is 1.77. The Kier molecular flexibility index (Phi) is 3.73. The molecule has 1 aromatic carbocycles. The van der Waals surface area contributed by atoms with Gasteiger partial charge in [0.25, 0.3) is 0 Å². The minimum Gasteiger partial charge on any atom is -0.310 e. The van der Waals surface area contributed by atoms with Crippen molar-refractivity contribution >= 4 is 11.6 Å². The second-order valence-electron chi connectivity index (χ2n) is 3.57. The van der Waals surface area contributed by atoms with Crippen molar-refractivity contribution in [1.29, 1.82) is 0 Å². The lowest BCUT2D eigenvalue weighted by Crippen LogP contribution is -2.18. The van der Waals surface area contributed by atoms with Crippen LogP contribution in [0.25, 0.3) is 0 Å². The number of halogens is 1. The highest BCUT2D eigenvalue weighted by atomic mass is 35.5. The maximum atomic E-state index is 5.97. The van der Waals surface area contributed by atoms with Crippen molar-refractivity contribution in [1.82, 2.24) is 5.32 Å². The van der Waals surface area contributed by atoms with Crippen LogP contribution < -0.4 is 5.32 Å². The Labute approximate surface area is 90.8 Å². The van der Waals surface area contributed by atoms with Gasteiger partial charge in [0.05, 0.1) is 6.04 Å². The van der Waals surface area contributed by atoms with Gasteiger partial charge in [-0.15, -0.1) is 0 Å². The first-order chi connectivity index (χ1) is 6.56. The lowest BCUT2D eigenvalue weighted by Gasteiger charge is -2.19. The third-order valence-corrected chi connectivity index (χ3v) is 2.57. The zero-order chi connectivity index (χ0) is 10.7. The van der Waals surface area contributed by atoms with Crippen molar-refractivity contribution in [2.45, 2.75) is 19.9 Å². The minimum absolute atomic E-state index is 0.189. The molecule has 0 amide bonds.